The van der Waals surface area contributed by atoms with Crippen molar-refractivity contribution in [3.8, 4) is 0 Å². The van der Waals surface area contributed by atoms with Crippen molar-refractivity contribution in [2.45, 2.75) is 24.5 Å². The van der Waals surface area contributed by atoms with Gasteiger partial charge in [-0.2, -0.15) is 0 Å². The quantitative estimate of drug-likeness (QED) is 0.0559. The van der Waals surface area contributed by atoms with Crippen molar-refractivity contribution in [3.63, 3.8) is 0 Å². The van der Waals surface area contributed by atoms with Crippen LogP contribution in [0.3, 0.4) is 0 Å². The zero-order chi connectivity index (χ0) is 33.7. The topological polar surface area (TPSA) is 139 Å². The van der Waals surface area contributed by atoms with E-state index in [-0.39, 0.29) is 28.6 Å². The minimum atomic E-state index is -0.956. The minimum absolute atomic E-state index is 0.0799. The Hall–Kier alpha value is -5.27. The lowest BCUT2D eigenvalue weighted by atomic mass is 9.77. The fourth-order valence-electron chi connectivity index (χ4n) is 5.89. The first-order valence-corrected chi connectivity index (χ1v) is 16.9. The highest BCUT2D eigenvalue weighted by Crippen LogP contribution is 2.41. The molecule has 2 aliphatic heterocycles. The lowest BCUT2D eigenvalue weighted by molar-refractivity contribution is -0.155. The third kappa shape index (κ3) is 5.98. The molecule has 1 aromatic heterocycles. The van der Waals surface area contributed by atoms with Crippen LogP contribution in [0.4, 0.5) is 5.13 Å². The van der Waals surface area contributed by atoms with Gasteiger partial charge < -0.3 is 20.2 Å². The number of nitrogens with zero attached hydrogens (tertiary/aromatic N) is 3. The van der Waals surface area contributed by atoms with Crippen LogP contribution in [0.2, 0.25) is 0 Å². The fourth-order valence-corrected chi connectivity index (χ4v) is 7.72. The molecule has 2 N–H and O–H groups in total. The van der Waals surface area contributed by atoms with Gasteiger partial charge in [-0.15, -0.1) is 23.1 Å². The molecule has 3 heterocycles. The molecule has 2 atom stereocenters. The smallest absolute Gasteiger partial charge is 0.356 e. The number of hydrogen-bond donors (Lipinski definition) is 2. The Labute approximate surface area is 285 Å². The highest BCUT2D eigenvalue weighted by molar-refractivity contribution is 8.04. The predicted molar refractivity (Wildman–Crippen MR) is 183 cm³/mol. The standard InChI is InChI=1S/C35H31N5O6S2/c1-3-46-33(44)30-27(19-41)47-21-26-29(32(43)40(26)30)37-31(42)28(39-45-2)25-20-48-34(36-25)38-35(22-13-7-4-8-14-22,23-15-9-5-10-16-23)24-17-11-6-12-18-24/h4-20,26,29H,3,21H2,1-2H3,(H,36,38)(H,37,42). The SMILES string of the molecule is CCOC(=O)C1=C(C=O)SCC2C(NC(=O)C(=NOC)c3csc(NC(c4ccccc4)(c4ccccc4)c4ccccc4)n3)C(=O)N12. The van der Waals surface area contributed by atoms with E-state index in [9.17, 15) is 19.2 Å². The summed E-state index contributed by atoms with van der Waals surface area (Å²) in [5.41, 5.74) is 2.10. The summed E-state index contributed by atoms with van der Waals surface area (Å²) < 4.78 is 5.08. The van der Waals surface area contributed by atoms with Gasteiger partial charge in [-0.3, -0.25) is 19.3 Å². The number of ether oxygens (including phenoxy) is 1. The molecule has 0 radical (unpaired) electrons. The number of thiazole rings is 1. The number of β-lactam (4-membered cyclic amide) rings is 1. The summed E-state index contributed by atoms with van der Waals surface area (Å²) in [4.78, 5) is 62.3. The second kappa shape index (κ2) is 14.2. The van der Waals surface area contributed by atoms with E-state index >= 15 is 0 Å². The van der Waals surface area contributed by atoms with E-state index in [1.165, 1.54) is 23.3 Å². The van der Waals surface area contributed by atoms with E-state index in [2.05, 4.69) is 52.2 Å². The number of allylic oxidation sites excluding steroid dienone is 1. The Morgan fingerprint density at radius 2 is 1.58 bits per heavy atom. The van der Waals surface area contributed by atoms with E-state index in [0.29, 0.717) is 17.2 Å². The third-order valence-corrected chi connectivity index (χ3v) is 9.89. The molecule has 13 heteroatoms. The fraction of sp³-hybridized carbons (Fsp3) is 0.200. The molecule has 244 valence electrons. The molecular weight excluding hydrogens is 651 g/mol. The summed E-state index contributed by atoms with van der Waals surface area (Å²) in [6.07, 6.45) is 0.533. The first-order valence-electron chi connectivity index (χ1n) is 15.1. The number of carbonyl (C=O) groups is 4. The van der Waals surface area contributed by atoms with E-state index in [4.69, 9.17) is 14.6 Å². The Kier molecular flexibility index (Phi) is 9.69. The molecule has 1 saturated heterocycles. The summed E-state index contributed by atoms with van der Waals surface area (Å²) in [7, 11) is 1.31. The van der Waals surface area contributed by atoms with Crippen LogP contribution < -0.4 is 10.6 Å². The van der Waals surface area contributed by atoms with Gasteiger partial charge in [-0.25, -0.2) is 9.78 Å². The zero-order valence-corrected chi connectivity index (χ0v) is 27.6. The van der Waals surface area contributed by atoms with Crippen molar-refractivity contribution in [1.29, 1.82) is 0 Å². The van der Waals surface area contributed by atoms with Crippen LogP contribution in [0.25, 0.3) is 0 Å². The summed E-state index contributed by atoms with van der Waals surface area (Å²) in [5.74, 6) is -1.68. The number of amides is 2. The van der Waals surface area contributed by atoms with Crippen LogP contribution in [0.15, 0.2) is 112 Å². The Morgan fingerprint density at radius 3 is 2.10 bits per heavy atom. The number of esters is 1. The zero-order valence-electron chi connectivity index (χ0n) is 26.0. The van der Waals surface area contributed by atoms with Crippen molar-refractivity contribution in [1.82, 2.24) is 15.2 Å². The number of rotatable bonds is 12. The highest BCUT2D eigenvalue weighted by Gasteiger charge is 2.54. The van der Waals surface area contributed by atoms with Crippen LogP contribution >= 0.6 is 23.1 Å². The molecule has 2 aliphatic rings. The van der Waals surface area contributed by atoms with E-state index < -0.39 is 35.4 Å². The molecule has 2 amide bonds. The number of oxime groups is 1. The summed E-state index contributed by atoms with van der Waals surface area (Å²) in [6, 6.07) is 28.6. The first kappa shape index (κ1) is 32.7. The number of thioether (sulfide) groups is 1. The summed E-state index contributed by atoms with van der Waals surface area (Å²) >= 11 is 2.42. The van der Waals surface area contributed by atoms with Crippen LogP contribution in [0.5, 0.6) is 0 Å². The minimum Gasteiger partial charge on any atom is -0.461 e. The Bertz CT molecular complexity index is 1780. The molecule has 1 fully saturated rings. The molecule has 0 bridgehead atoms. The predicted octanol–water partition coefficient (Wildman–Crippen LogP) is 4.31. The molecule has 0 saturated carbocycles. The molecule has 0 spiro atoms. The number of anilines is 1. The molecule has 4 aromatic rings. The van der Waals surface area contributed by atoms with Crippen molar-refractivity contribution < 1.29 is 28.8 Å². The maximum Gasteiger partial charge on any atom is 0.356 e. The number of nitrogens with one attached hydrogen (secondary N) is 2. The van der Waals surface area contributed by atoms with Crippen LogP contribution in [-0.4, -0.2) is 71.2 Å². The lowest BCUT2D eigenvalue weighted by Crippen LogP contribution is -2.73. The first-order chi connectivity index (χ1) is 23.4. The molecule has 0 aliphatic carbocycles. The Morgan fingerprint density at radius 1 is 1.00 bits per heavy atom. The molecule has 2 unspecified atom stereocenters. The van der Waals surface area contributed by atoms with Crippen molar-refractivity contribution in [3.05, 3.63) is 129 Å². The summed E-state index contributed by atoms with van der Waals surface area (Å²) in [5, 5.41) is 12.6. The van der Waals surface area contributed by atoms with E-state index in [0.717, 1.165) is 28.5 Å². The van der Waals surface area contributed by atoms with Crippen molar-refractivity contribution >= 4 is 58.0 Å². The average Bonchev–Trinajstić information content (AvgIpc) is 3.60. The molecule has 48 heavy (non-hydrogen) atoms. The number of hydrogen-bond acceptors (Lipinski definition) is 11. The lowest BCUT2D eigenvalue weighted by Gasteiger charge is -2.49. The van der Waals surface area contributed by atoms with E-state index in [1.54, 1.807) is 12.3 Å². The monoisotopic (exact) mass is 681 g/mol. The van der Waals surface area contributed by atoms with Gasteiger partial charge in [-0.05, 0) is 23.6 Å². The maximum absolute atomic E-state index is 13.6. The van der Waals surface area contributed by atoms with Crippen LogP contribution in [0.1, 0.15) is 29.3 Å². The molecular formula is C35H31N5O6S2. The van der Waals surface area contributed by atoms with Gasteiger partial charge in [0.2, 0.25) is 0 Å². The maximum atomic E-state index is 13.6. The van der Waals surface area contributed by atoms with Gasteiger partial charge in [0.25, 0.3) is 11.8 Å². The van der Waals surface area contributed by atoms with Gasteiger partial charge in [0.05, 0.1) is 17.6 Å². The van der Waals surface area contributed by atoms with Crippen LogP contribution in [0, 0.1) is 0 Å². The number of benzene rings is 3. The average molecular weight is 682 g/mol. The second-order valence-electron chi connectivity index (χ2n) is 10.7. The summed E-state index contributed by atoms with van der Waals surface area (Å²) in [6.45, 7) is 1.71. The molecule has 11 nitrogen and oxygen atoms in total. The molecule has 3 aromatic carbocycles. The van der Waals surface area contributed by atoms with Gasteiger partial charge in [-0.1, -0.05) is 96.2 Å². The van der Waals surface area contributed by atoms with Gasteiger partial charge in [0, 0.05) is 11.1 Å². The van der Waals surface area contributed by atoms with Crippen LogP contribution in [-0.2, 0) is 34.3 Å². The van der Waals surface area contributed by atoms with Crippen molar-refractivity contribution in [2.24, 2.45) is 5.16 Å². The third-order valence-electron chi connectivity index (χ3n) is 8.03. The second-order valence-corrected chi connectivity index (χ2v) is 12.6. The normalized spacial score (nSPS) is 17.6. The number of aldehydes is 1. The number of aromatic nitrogens is 1. The van der Waals surface area contributed by atoms with Crippen molar-refractivity contribution in [2.75, 3.05) is 24.8 Å². The van der Waals surface area contributed by atoms with Gasteiger partial charge >= 0.3 is 5.97 Å². The highest BCUT2D eigenvalue weighted by atomic mass is 32.2. The Balaban J connectivity index is 1.29. The largest absolute Gasteiger partial charge is 0.461 e. The van der Waals surface area contributed by atoms with E-state index in [1.807, 2.05) is 54.6 Å². The van der Waals surface area contributed by atoms with Gasteiger partial charge in [0.15, 0.2) is 17.1 Å². The number of carbonyl (C=O) groups excluding carboxylic acids is 4. The molecule has 6 rings (SSSR count). The number of fused-ring (bicyclic) bond motifs is 1. The van der Waals surface area contributed by atoms with Gasteiger partial charge in [0.1, 0.15) is 30.1 Å².